The number of rotatable bonds is 3. The highest BCUT2D eigenvalue weighted by Crippen LogP contribution is 2.51. The van der Waals surface area contributed by atoms with Gasteiger partial charge in [-0.3, -0.25) is 0 Å². The van der Waals surface area contributed by atoms with E-state index in [1.165, 1.54) is 68.8 Å². The molecule has 50 heavy (non-hydrogen) atoms. The van der Waals surface area contributed by atoms with Gasteiger partial charge in [-0.2, -0.15) is 0 Å². The van der Waals surface area contributed by atoms with Gasteiger partial charge in [0.15, 0.2) is 5.82 Å². The molecule has 8 aromatic carbocycles. The Morgan fingerprint density at radius 3 is 1.62 bits per heavy atom. The zero-order valence-electron chi connectivity index (χ0n) is 26.8. The van der Waals surface area contributed by atoms with Crippen LogP contribution in [0.3, 0.4) is 0 Å². The molecule has 3 nitrogen and oxygen atoms in total. The van der Waals surface area contributed by atoms with Crippen LogP contribution >= 0.6 is 11.3 Å². The molecule has 0 bridgehead atoms. The third kappa shape index (κ3) is 3.79. The maximum absolute atomic E-state index is 5.32. The predicted octanol–water partition coefficient (Wildman–Crippen LogP) is 12.7. The van der Waals surface area contributed by atoms with Crippen LogP contribution in [0.25, 0.3) is 103 Å². The number of nitrogens with zero attached hydrogens (tertiary/aromatic N) is 3. The van der Waals surface area contributed by atoms with Crippen molar-refractivity contribution >= 4 is 85.6 Å². The van der Waals surface area contributed by atoms with Crippen molar-refractivity contribution in [2.24, 2.45) is 0 Å². The molecule has 0 saturated heterocycles. The Kier molecular flexibility index (Phi) is 5.83. The highest BCUT2D eigenvalue weighted by molar-refractivity contribution is 7.28. The van der Waals surface area contributed by atoms with E-state index in [0.717, 1.165) is 28.0 Å². The van der Waals surface area contributed by atoms with Crippen molar-refractivity contribution in [3.05, 3.63) is 164 Å². The molecule has 3 heterocycles. The molecule has 0 radical (unpaired) electrons. The summed E-state index contributed by atoms with van der Waals surface area (Å²) in [5.41, 5.74) is 6.25. The van der Waals surface area contributed by atoms with Gasteiger partial charge in [0.05, 0.1) is 33.3 Å². The van der Waals surface area contributed by atoms with Gasteiger partial charge in [-0.1, -0.05) is 152 Å². The zero-order chi connectivity index (χ0) is 32.8. The molecule has 0 amide bonds. The minimum absolute atomic E-state index is 0.712. The van der Waals surface area contributed by atoms with Crippen LogP contribution in [0.1, 0.15) is 0 Å². The van der Waals surface area contributed by atoms with Crippen LogP contribution in [-0.2, 0) is 0 Å². The lowest BCUT2D eigenvalue weighted by Gasteiger charge is -2.15. The molecule has 0 unspecified atom stereocenters. The van der Waals surface area contributed by atoms with Crippen LogP contribution in [0.2, 0.25) is 0 Å². The van der Waals surface area contributed by atoms with E-state index in [9.17, 15) is 0 Å². The molecule has 11 aromatic rings. The van der Waals surface area contributed by atoms with Crippen LogP contribution in [0.15, 0.2) is 164 Å². The van der Waals surface area contributed by atoms with Gasteiger partial charge in [0.2, 0.25) is 0 Å². The molecule has 0 saturated carbocycles. The number of fused-ring (bicyclic) bond motifs is 15. The summed E-state index contributed by atoms with van der Waals surface area (Å²) in [5.74, 6) is 0.712. The van der Waals surface area contributed by atoms with E-state index in [1.54, 1.807) is 0 Å². The van der Waals surface area contributed by atoms with Crippen LogP contribution in [-0.4, -0.2) is 14.5 Å². The topological polar surface area (TPSA) is 30.7 Å². The Morgan fingerprint density at radius 2 is 0.920 bits per heavy atom. The number of para-hydroxylation sites is 1. The molecule has 0 aliphatic carbocycles. The van der Waals surface area contributed by atoms with Crippen molar-refractivity contribution in [3.63, 3.8) is 0 Å². The summed E-state index contributed by atoms with van der Waals surface area (Å²) in [5, 5.41) is 12.8. The maximum atomic E-state index is 5.32. The minimum Gasteiger partial charge on any atom is -0.304 e. The molecule has 3 aromatic heterocycles. The van der Waals surface area contributed by atoms with E-state index in [0.29, 0.717) is 5.82 Å². The number of aromatic nitrogens is 3. The molecular formula is C46H27N3S. The van der Waals surface area contributed by atoms with E-state index in [1.807, 2.05) is 35.7 Å². The van der Waals surface area contributed by atoms with Crippen molar-refractivity contribution in [2.45, 2.75) is 0 Å². The molecular weight excluding hydrogens is 627 g/mol. The maximum Gasteiger partial charge on any atom is 0.159 e. The Hall–Kier alpha value is -6.36. The van der Waals surface area contributed by atoms with E-state index in [4.69, 9.17) is 9.97 Å². The number of thiophene rings is 1. The molecule has 232 valence electrons. The van der Waals surface area contributed by atoms with Gasteiger partial charge >= 0.3 is 0 Å². The first kappa shape index (κ1) is 27.6. The van der Waals surface area contributed by atoms with Gasteiger partial charge in [-0.05, 0) is 33.0 Å². The summed E-state index contributed by atoms with van der Waals surface area (Å²) in [6.45, 7) is 0. The Labute approximate surface area is 291 Å². The molecule has 0 aliphatic rings. The van der Waals surface area contributed by atoms with Gasteiger partial charge in [-0.15, -0.1) is 11.3 Å². The third-order valence-corrected chi connectivity index (χ3v) is 11.4. The first-order valence-electron chi connectivity index (χ1n) is 16.9. The third-order valence-electron chi connectivity index (χ3n) is 10.2. The quantitative estimate of drug-likeness (QED) is 0.178. The largest absolute Gasteiger partial charge is 0.304 e. The Bertz CT molecular complexity index is 3140. The van der Waals surface area contributed by atoms with Gasteiger partial charge in [0.25, 0.3) is 0 Å². The second kappa shape index (κ2) is 10.6. The molecule has 11 rings (SSSR count). The van der Waals surface area contributed by atoms with Crippen molar-refractivity contribution < 1.29 is 0 Å². The average Bonchev–Trinajstić information content (AvgIpc) is 3.77. The SMILES string of the molecule is c1ccc(-c2ncc(-n3c4ccccc4c4c5ccccc5c5c(sc6c7ccccc7c7ccccc7c65)c43)c(-c3ccccc3)n2)cc1. The van der Waals surface area contributed by atoms with Crippen LogP contribution in [0.4, 0.5) is 0 Å². The molecule has 0 N–H and O–H groups in total. The van der Waals surface area contributed by atoms with E-state index < -0.39 is 0 Å². The summed E-state index contributed by atoms with van der Waals surface area (Å²) in [4.78, 5) is 10.4. The summed E-state index contributed by atoms with van der Waals surface area (Å²) in [7, 11) is 0. The minimum atomic E-state index is 0.712. The fourth-order valence-electron chi connectivity index (χ4n) is 8.12. The number of hydrogen-bond acceptors (Lipinski definition) is 3. The summed E-state index contributed by atoms with van der Waals surface area (Å²) >= 11 is 1.91. The summed E-state index contributed by atoms with van der Waals surface area (Å²) < 4.78 is 5.04. The van der Waals surface area contributed by atoms with Crippen molar-refractivity contribution in [1.29, 1.82) is 0 Å². The summed E-state index contributed by atoms with van der Waals surface area (Å²) in [6.07, 6.45) is 2.03. The molecule has 4 heteroatoms. The second-order valence-corrected chi connectivity index (χ2v) is 13.9. The van der Waals surface area contributed by atoms with Gasteiger partial charge < -0.3 is 4.57 Å². The van der Waals surface area contributed by atoms with Crippen LogP contribution < -0.4 is 0 Å². The van der Waals surface area contributed by atoms with Crippen molar-refractivity contribution in [2.75, 3.05) is 0 Å². The summed E-state index contributed by atoms with van der Waals surface area (Å²) in [6, 6.07) is 56.4. The van der Waals surface area contributed by atoms with Crippen molar-refractivity contribution in [3.8, 4) is 28.3 Å². The first-order valence-corrected chi connectivity index (χ1v) is 17.7. The van der Waals surface area contributed by atoms with Crippen LogP contribution in [0, 0.1) is 0 Å². The monoisotopic (exact) mass is 653 g/mol. The van der Waals surface area contributed by atoms with Gasteiger partial charge in [0, 0.05) is 42.8 Å². The second-order valence-electron chi connectivity index (χ2n) is 12.9. The lowest BCUT2D eigenvalue weighted by Crippen LogP contribution is -2.02. The first-order chi connectivity index (χ1) is 24.8. The lowest BCUT2D eigenvalue weighted by atomic mass is 9.94. The van der Waals surface area contributed by atoms with Crippen molar-refractivity contribution in [1.82, 2.24) is 14.5 Å². The van der Waals surface area contributed by atoms with Gasteiger partial charge in [-0.25, -0.2) is 9.97 Å². The molecule has 0 aliphatic heterocycles. The fourth-order valence-corrected chi connectivity index (χ4v) is 9.53. The fraction of sp³-hybridized carbons (Fsp3) is 0. The average molecular weight is 654 g/mol. The molecule has 0 fully saturated rings. The lowest BCUT2D eigenvalue weighted by molar-refractivity contribution is 1.09. The molecule has 0 atom stereocenters. The Morgan fingerprint density at radius 1 is 0.420 bits per heavy atom. The number of hydrogen-bond donors (Lipinski definition) is 0. The highest BCUT2D eigenvalue weighted by atomic mass is 32.1. The van der Waals surface area contributed by atoms with E-state index in [-0.39, 0.29) is 0 Å². The van der Waals surface area contributed by atoms with E-state index in [2.05, 4.69) is 144 Å². The Balaban J connectivity index is 1.39. The highest BCUT2D eigenvalue weighted by Gasteiger charge is 2.25. The predicted molar refractivity (Wildman–Crippen MR) is 213 cm³/mol. The zero-order valence-corrected chi connectivity index (χ0v) is 27.7. The number of benzene rings is 8. The molecule has 0 spiro atoms. The van der Waals surface area contributed by atoms with Gasteiger partial charge in [0.1, 0.15) is 0 Å². The van der Waals surface area contributed by atoms with E-state index >= 15 is 0 Å². The standard InChI is InChI=1S/C46H27N3S/c1-3-15-28(16-4-1)42-38(27-47-46(48-42)29-17-5-2-6-18-29)49-37-26-14-13-25-36(37)39-33-22-10-11-23-34(33)41-40-32-21-9-7-19-30(32)31-20-8-12-24-35(31)44(40)50-45(41)43(39)49/h1-27H. The normalized spacial score (nSPS) is 12.0. The van der Waals surface area contributed by atoms with Crippen LogP contribution in [0.5, 0.6) is 0 Å². The smallest absolute Gasteiger partial charge is 0.159 e.